The Morgan fingerprint density at radius 2 is 2.20 bits per heavy atom. The van der Waals surface area contributed by atoms with Crippen LogP contribution in [0.4, 0.5) is 11.4 Å². The van der Waals surface area contributed by atoms with Crippen LogP contribution in [0, 0.1) is 10.1 Å². The molecule has 0 bridgehead atoms. The molecule has 8 heteroatoms. The summed E-state index contributed by atoms with van der Waals surface area (Å²) in [5, 5.41) is 13.5. The summed E-state index contributed by atoms with van der Waals surface area (Å²) < 4.78 is 4.90. The van der Waals surface area contributed by atoms with Crippen LogP contribution in [0.2, 0.25) is 0 Å². The molecule has 0 fully saturated rings. The Morgan fingerprint density at radius 1 is 1.45 bits per heavy atom. The highest BCUT2D eigenvalue weighted by atomic mass is 16.6. The quantitative estimate of drug-likeness (QED) is 0.283. The highest BCUT2D eigenvalue weighted by Gasteiger charge is 2.15. The molecule has 1 aromatic carbocycles. The summed E-state index contributed by atoms with van der Waals surface area (Å²) in [5.74, 6) is 4.92. The number of unbranched alkanes of at least 4 members (excludes halogenated alkanes) is 1. The Bertz CT molecular complexity index is 479. The van der Waals surface area contributed by atoms with Crippen molar-refractivity contribution in [2.45, 2.75) is 12.8 Å². The lowest BCUT2D eigenvalue weighted by atomic mass is 10.1. The third-order valence-corrected chi connectivity index (χ3v) is 2.67. The fraction of sp³-hybridized carbons (Fsp3) is 0.417. The van der Waals surface area contributed by atoms with Gasteiger partial charge < -0.3 is 15.5 Å². The zero-order chi connectivity index (χ0) is 15.0. The predicted molar refractivity (Wildman–Crippen MR) is 74.3 cm³/mol. The minimum atomic E-state index is -0.568. The number of hydrogen-bond acceptors (Lipinski definition) is 6. The number of nitrogen functional groups attached to an aromatic ring is 1. The molecule has 0 saturated heterocycles. The van der Waals surface area contributed by atoms with Gasteiger partial charge in [0, 0.05) is 31.9 Å². The van der Waals surface area contributed by atoms with Gasteiger partial charge in [-0.1, -0.05) is 0 Å². The Hall–Kier alpha value is -2.19. The largest absolute Gasteiger partial charge is 0.385 e. The second kappa shape index (κ2) is 8.08. The summed E-state index contributed by atoms with van der Waals surface area (Å²) in [6.45, 7) is 1.17. The molecule has 0 spiro atoms. The average Bonchev–Trinajstić information content (AvgIpc) is 2.45. The van der Waals surface area contributed by atoms with Gasteiger partial charge in [0.1, 0.15) is 5.69 Å². The van der Waals surface area contributed by atoms with Gasteiger partial charge in [0.15, 0.2) is 0 Å². The van der Waals surface area contributed by atoms with Crippen molar-refractivity contribution in [3.05, 3.63) is 33.9 Å². The number of carbonyl (C=O) groups is 1. The van der Waals surface area contributed by atoms with Gasteiger partial charge in [-0.2, -0.15) is 0 Å². The summed E-state index contributed by atoms with van der Waals surface area (Å²) in [7, 11) is 1.62. The number of rotatable bonds is 8. The van der Waals surface area contributed by atoms with Crippen molar-refractivity contribution in [3.8, 4) is 0 Å². The third-order valence-electron chi connectivity index (χ3n) is 2.67. The molecular formula is C12H18N4O4. The van der Waals surface area contributed by atoms with Crippen LogP contribution in [-0.4, -0.2) is 31.1 Å². The summed E-state index contributed by atoms with van der Waals surface area (Å²) in [4.78, 5) is 22.0. The molecule has 1 aromatic rings. The molecule has 0 saturated carbocycles. The minimum Gasteiger partial charge on any atom is -0.385 e. The van der Waals surface area contributed by atoms with Crippen LogP contribution in [0.15, 0.2) is 18.2 Å². The van der Waals surface area contributed by atoms with E-state index in [0.717, 1.165) is 12.8 Å². The molecule has 110 valence electrons. The first-order chi connectivity index (χ1) is 9.60. The first-order valence-corrected chi connectivity index (χ1v) is 6.12. The van der Waals surface area contributed by atoms with E-state index in [1.165, 1.54) is 18.2 Å². The van der Waals surface area contributed by atoms with Crippen molar-refractivity contribution in [2.24, 2.45) is 5.84 Å². The lowest BCUT2D eigenvalue weighted by Crippen LogP contribution is -2.25. The fourth-order valence-corrected chi connectivity index (χ4v) is 1.63. The molecule has 0 radical (unpaired) electrons. The van der Waals surface area contributed by atoms with Crippen molar-refractivity contribution in [1.82, 2.24) is 5.32 Å². The Labute approximate surface area is 116 Å². The standard InChI is InChI=1S/C12H18N4O4/c1-20-7-3-2-6-14-12(17)9-4-5-11(16(18)19)10(8-9)15-13/h4-5,8,15H,2-3,6-7,13H2,1H3,(H,14,17). The van der Waals surface area contributed by atoms with E-state index in [1.807, 2.05) is 0 Å². The van der Waals surface area contributed by atoms with Gasteiger partial charge in [0.05, 0.1) is 4.92 Å². The number of carbonyl (C=O) groups excluding carboxylic acids is 1. The van der Waals surface area contributed by atoms with E-state index in [1.54, 1.807) is 7.11 Å². The zero-order valence-electron chi connectivity index (χ0n) is 11.2. The maximum Gasteiger partial charge on any atom is 0.293 e. The molecule has 0 aliphatic heterocycles. The first kappa shape index (κ1) is 15.9. The van der Waals surface area contributed by atoms with Gasteiger partial charge in [0.25, 0.3) is 11.6 Å². The molecule has 1 amide bonds. The third kappa shape index (κ3) is 4.48. The molecule has 0 aliphatic rings. The number of hydrogen-bond donors (Lipinski definition) is 3. The van der Waals surface area contributed by atoms with Crippen LogP contribution in [0.3, 0.4) is 0 Å². The lowest BCUT2D eigenvalue weighted by Gasteiger charge is -2.07. The van der Waals surface area contributed by atoms with Crippen LogP contribution in [0.5, 0.6) is 0 Å². The van der Waals surface area contributed by atoms with Crippen LogP contribution in [0.1, 0.15) is 23.2 Å². The second-order valence-electron chi connectivity index (χ2n) is 4.09. The Balaban J connectivity index is 2.62. The molecule has 0 heterocycles. The normalized spacial score (nSPS) is 10.1. The first-order valence-electron chi connectivity index (χ1n) is 6.12. The topological polar surface area (TPSA) is 120 Å². The predicted octanol–water partition coefficient (Wildman–Crippen LogP) is 1.04. The number of nitrogens with zero attached hydrogens (tertiary/aromatic N) is 1. The smallest absolute Gasteiger partial charge is 0.293 e. The van der Waals surface area contributed by atoms with Crippen LogP contribution < -0.4 is 16.6 Å². The Morgan fingerprint density at radius 3 is 2.80 bits per heavy atom. The van der Waals surface area contributed by atoms with E-state index in [2.05, 4.69) is 10.7 Å². The van der Waals surface area contributed by atoms with Crippen molar-refractivity contribution in [1.29, 1.82) is 0 Å². The Kier molecular flexibility index (Phi) is 6.41. The van der Waals surface area contributed by atoms with E-state index < -0.39 is 4.92 Å². The number of hydrazine groups is 1. The van der Waals surface area contributed by atoms with E-state index in [4.69, 9.17) is 10.6 Å². The molecule has 20 heavy (non-hydrogen) atoms. The molecule has 4 N–H and O–H groups in total. The van der Waals surface area contributed by atoms with Gasteiger partial charge in [-0.15, -0.1) is 0 Å². The van der Waals surface area contributed by atoms with Gasteiger partial charge in [0.2, 0.25) is 0 Å². The zero-order valence-corrected chi connectivity index (χ0v) is 11.2. The van der Waals surface area contributed by atoms with Crippen molar-refractivity contribution >= 4 is 17.3 Å². The van der Waals surface area contributed by atoms with Gasteiger partial charge >= 0.3 is 0 Å². The number of nitro benzene ring substituents is 1. The van der Waals surface area contributed by atoms with Crippen LogP contribution in [-0.2, 0) is 4.74 Å². The second-order valence-corrected chi connectivity index (χ2v) is 4.09. The average molecular weight is 282 g/mol. The summed E-state index contributed by atoms with van der Waals surface area (Å²) in [5.41, 5.74) is 2.46. The molecule has 0 aliphatic carbocycles. The fourth-order valence-electron chi connectivity index (χ4n) is 1.63. The highest BCUT2D eigenvalue weighted by Crippen LogP contribution is 2.24. The highest BCUT2D eigenvalue weighted by molar-refractivity contribution is 5.95. The molecule has 1 rings (SSSR count). The van der Waals surface area contributed by atoms with E-state index in [-0.39, 0.29) is 17.3 Å². The number of amides is 1. The van der Waals surface area contributed by atoms with E-state index in [0.29, 0.717) is 18.7 Å². The lowest BCUT2D eigenvalue weighted by molar-refractivity contribution is -0.384. The number of methoxy groups -OCH3 is 1. The van der Waals surface area contributed by atoms with Crippen molar-refractivity contribution < 1.29 is 14.5 Å². The molecule has 0 atom stereocenters. The minimum absolute atomic E-state index is 0.0991. The molecular weight excluding hydrogens is 264 g/mol. The maximum atomic E-state index is 11.8. The summed E-state index contributed by atoms with van der Waals surface area (Å²) in [6.07, 6.45) is 1.65. The molecule has 0 aromatic heterocycles. The van der Waals surface area contributed by atoms with Crippen molar-refractivity contribution in [2.75, 3.05) is 25.7 Å². The number of ether oxygens (including phenoxy) is 1. The maximum absolute atomic E-state index is 11.8. The number of nitrogens with two attached hydrogens (primary N) is 1. The molecule has 0 unspecified atom stereocenters. The van der Waals surface area contributed by atoms with Crippen molar-refractivity contribution in [3.63, 3.8) is 0 Å². The SMILES string of the molecule is COCCCCNC(=O)c1ccc([N+](=O)[O-])c(NN)c1. The number of nitro groups is 1. The van der Waals surface area contributed by atoms with Gasteiger partial charge in [-0.05, 0) is 25.0 Å². The number of nitrogens with one attached hydrogen (secondary N) is 2. The number of anilines is 1. The number of benzene rings is 1. The summed E-state index contributed by atoms with van der Waals surface area (Å²) in [6, 6.07) is 3.99. The monoisotopic (exact) mass is 282 g/mol. The van der Waals surface area contributed by atoms with Crippen LogP contribution in [0.25, 0.3) is 0 Å². The van der Waals surface area contributed by atoms with E-state index >= 15 is 0 Å². The molecule has 8 nitrogen and oxygen atoms in total. The van der Waals surface area contributed by atoms with Crippen LogP contribution >= 0.6 is 0 Å². The van der Waals surface area contributed by atoms with E-state index in [9.17, 15) is 14.9 Å². The van der Waals surface area contributed by atoms with Gasteiger partial charge in [-0.25, -0.2) is 0 Å². The van der Waals surface area contributed by atoms with Gasteiger partial charge in [-0.3, -0.25) is 20.8 Å². The summed E-state index contributed by atoms with van der Waals surface area (Å²) >= 11 is 0.